The van der Waals surface area contributed by atoms with Crippen molar-refractivity contribution in [3.8, 4) is 80.2 Å². The summed E-state index contributed by atoms with van der Waals surface area (Å²) in [5.74, 6) is 8.38. The Labute approximate surface area is 382 Å². The molecule has 0 amide bonds. The van der Waals surface area contributed by atoms with Crippen LogP contribution in [0.2, 0.25) is 0 Å². The van der Waals surface area contributed by atoms with Crippen LogP contribution in [-0.2, 0) is 0 Å². The molecule has 0 aliphatic carbocycles. The van der Waals surface area contributed by atoms with E-state index in [4.69, 9.17) is 33.9 Å². The number of hydrogen-bond acceptors (Lipinski definition) is 7. The van der Waals surface area contributed by atoms with Crippen LogP contribution in [0.5, 0.6) is 46.0 Å². The molecule has 1 aromatic heterocycles. The molecule has 0 unspecified atom stereocenters. The Morgan fingerprint density at radius 1 is 0.227 bits per heavy atom. The van der Waals surface area contributed by atoms with Gasteiger partial charge in [0.2, 0.25) is 0 Å². The summed E-state index contributed by atoms with van der Waals surface area (Å²) in [5, 5.41) is 9.44. The SMILES string of the molecule is c1ccc(-c2nc(-c3ccc4c(c3)Oc3ccccc3[Si]43c4ccccc4Oc4ccccc43)nc(-c3ccc4c(c3)Oc3ccccc3[Si]43c4ccccc4Oc4ccccc43)n2)cc1. The van der Waals surface area contributed by atoms with Crippen molar-refractivity contribution in [1.82, 2.24) is 15.0 Å². The van der Waals surface area contributed by atoms with E-state index in [-0.39, 0.29) is 0 Å². The second-order valence-electron chi connectivity index (χ2n) is 17.0. The molecule has 9 heteroatoms. The Kier molecular flexibility index (Phi) is 7.89. The number of nitrogens with zero attached hydrogens (tertiary/aromatic N) is 3. The summed E-state index contributed by atoms with van der Waals surface area (Å²) in [5.41, 5.74) is 2.52. The average Bonchev–Trinajstić information content (AvgIpc) is 3.38. The zero-order chi connectivity index (χ0) is 43.4. The maximum atomic E-state index is 6.92. The van der Waals surface area contributed by atoms with Crippen LogP contribution in [-0.4, -0.2) is 31.1 Å². The van der Waals surface area contributed by atoms with Gasteiger partial charge in [0.1, 0.15) is 46.0 Å². The Balaban J connectivity index is 0.961. The first-order valence-electron chi connectivity index (χ1n) is 22.1. The number of hydrogen-bond donors (Lipinski definition) is 0. The standard InChI is InChI=1S/C57H35N3O4Si2/c1-2-16-36(17-3-1)55-58-56(37-30-32-53-45(34-37)63-43-22-8-14-28-51(43)65(53)47-24-10-4-18-39(47)61-40-19-5-11-25-48(40)65)60-57(59-55)38-31-33-54-46(35-38)64-44-23-9-15-29-52(44)66(54)49-26-12-6-20-41(49)62-42-21-7-13-27-50(42)66/h1-35H. The Morgan fingerprint density at radius 3 is 0.818 bits per heavy atom. The maximum absolute atomic E-state index is 6.92. The van der Waals surface area contributed by atoms with Gasteiger partial charge in [-0.2, -0.15) is 0 Å². The van der Waals surface area contributed by atoms with Crippen molar-refractivity contribution in [2.24, 2.45) is 0 Å². The monoisotopic (exact) mass is 881 g/mol. The number of fused-ring (bicyclic) bond motifs is 16. The summed E-state index contributed by atoms with van der Waals surface area (Å²) in [6.07, 6.45) is 0. The lowest BCUT2D eigenvalue weighted by atomic mass is 10.1. The van der Waals surface area contributed by atoms with Gasteiger partial charge < -0.3 is 18.9 Å². The number of aromatic nitrogens is 3. The normalized spacial score (nSPS) is 14.5. The van der Waals surface area contributed by atoms with E-state index in [1.807, 2.05) is 66.7 Å². The van der Waals surface area contributed by atoms with Gasteiger partial charge in [0, 0.05) is 16.7 Å². The first kappa shape index (κ1) is 37.0. The zero-order valence-electron chi connectivity index (χ0n) is 35.2. The van der Waals surface area contributed by atoms with Crippen LogP contribution in [0.1, 0.15) is 0 Å². The third kappa shape index (κ3) is 5.14. The highest BCUT2D eigenvalue weighted by molar-refractivity contribution is 7.22. The van der Waals surface area contributed by atoms with Crippen LogP contribution in [0.15, 0.2) is 212 Å². The van der Waals surface area contributed by atoms with E-state index in [1.54, 1.807) is 0 Å². The average molecular weight is 882 g/mol. The number of rotatable bonds is 3. The molecule has 0 radical (unpaired) electrons. The zero-order valence-corrected chi connectivity index (χ0v) is 37.2. The molecular weight excluding hydrogens is 847 g/mol. The summed E-state index contributed by atoms with van der Waals surface area (Å²) in [6, 6.07) is 73.9. The van der Waals surface area contributed by atoms with Gasteiger partial charge >= 0.3 is 0 Å². The van der Waals surface area contributed by atoms with Crippen LogP contribution in [0.25, 0.3) is 34.2 Å². The molecule has 2 spiro atoms. The lowest BCUT2D eigenvalue weighted by Crippen LogP contribution is -2.77. The quantitative estimate of drug-likeness (QED) is 0.167. The van der Waals surface area contributed by atoms with Crippen LogP contribution >= 0.6 is 0 Å². The molecule has 66 heavy (non-hydrogen) atoms. The molecule has 7 nitrogen and oxygen atoms in total. The first-order valence-corrected chi connectivity index (χ1v) is 26.1. The number of ether oxygens (including phenoxy) is 4. The maximum Gasteiger partial charge on any atom is 0.196 e. The molecule has 4 aliphatic rings. The molecule has 4 aliphatic heterocycles. The summed E-state index contributed by atoms with van der Waals surface area (Å²) in [7, 11) is -5.85. The first-order chi connectivity index (χ1) is 32.7. The minimum absolute atomic E-state index is 0.537. The van der Waals surface area contributed by atoms with Crippen molar-refractivity contribution < 1.29 is 18.9 Å². The fourth-order valence-electron chi connectivity index (χ4n) is 10.9. The Morgan fingerprint density at radius 2 is 0.485 bits per heavy atom. The lowest BCUT2D eigenvalue weighted by molar-refractivity contribution is 0.481. The molecular formula is C57H35N3O4Si2. The van der Waals surface area contributed by atoms with Crippen LogP contribution < -0.4 is 60.4 Å². The molecule has 14 rings (SSSR count). The molecule has 5 heterocycles. The molecule has 9 aromatic carbocycles. The van der Waals surface area contributed by atoms with Crippen molar-refractivity contribution >= 4 is 57.6 Å². The molecule has 0 N–H and O–H groups in total. The lowest BCUT2D eigenvalue weighted by Gasteiger charge is -2.43. The van der Waals surface area contributed by atoms with Crippen LogP contribution in [0.3, 0.4) is 0 Å². The van der Waals surface area contributed by atoms with E-state index in [0.717, 1.165) is 73.1 Å². The van der Waals surface area contributed by atoms with Gasteiger partial charge in [-0.1, -0.05) is 164 Å². The van der Waals surface area contributed by atoms with Gasteiger partial charge in [0.25, 0.3) is 0 Å². The van der Waals surface area contributed by atoms with Crippen molar-refractivity contribution in [3.63, 3.8) is 0 Å². The summed E-state index contributed by atoms with van der Waals surface area (Å²) in [4.78, 5) is 15.6. The number of benzene rings is 9. The van der Waals surface area contributed by atoms with Crippen LogP contribution in [0.4, 0.5) is 0 Å². The number of para-hydroxylation sites is 6. The fraction of sp³-hybridized carbons (Fsp3) is 0. The van der Waals surface area contributed by atoms with E-state index < -0.39 is 16.1 Å². The van der Waals surface area contributed by atoms with Crippen molar-refractivity contribution in [1.29, 1.82) is 0 Å². The third-order valence-electron chi connectivity index (χ3n) is 13.6. The topological polar surface area (TPSA) is 75.6 Å². The van der Waals surface area contributed by atoms with Crippen molar-refractivity contribution in [3.05, 3.63) is 212 Å². The van der Waals surface area contributed by atoms with Crippen molar-refractivity contribution in [2.75, 3.05) is 0 Å². The van der Waals surface area contributed by atoms with E-state index in [1.165, 1.54) is 31.1 Å². The molecule has 0 atom stereocenters. The summed E-state index contributed by atoms with van der Waals surface area (Å²) < 4.78 is 27.1. The molecule has 0 saturated carbocycles. The Bertz CT molecular complexity index is 3310. The minimum Gasteiger partial charge on any atom is -0.458 e. The fourth-order valence-corrected chi connectivity index (χ4v) is 21.1. The highest BCUT2D eigenvalue weighted by Gasteiger charge is 2.54. The molecule has 0 fully saturated rings. The molecule has 310 valence electrons. The van der Waals surface area contributed by atoms with Crippen LogP contribution in [0, 0.1) is 0 Å². The van der Waals surface area contributed by atoms with E-state index in [9.17, 15) is 0 Å². The second kappa shape index (κ2) is 14.1. The molecule has 0 bridgehead atoms. The molecule has 10 aromatic rings. The minimum atomic E-state index is -2.93. The van der Waals surface area contributed by atoms with E-state index in [2.05, 4.69) is 146 Å². The van der Waals surface area contributed by atoms with Gasteiger partial charge in [-0.3, -0.25) is 0 Å². The molecule has 0 saturated heterocycles. The summed E-state index contributed by atoms with van der Waals surface area (Å²) in [6.45, 7) is 0. The summed E-state index contributed by atoms with van der Waals surface area (Å²) >= 11 is 0. The second-order valence-corrected chi connectivity index (χ2v) is 24.3. The van der Waals surface area contributed by atoms with E-state index in [0.29, 0.717) is 17.5 Å². The van der Waals surface area contributed by atoms with Gasteiger partial charge in [0.15, 0.2) is 33.6 Å². The smallest absolute Gasteiger partial charge is 0.196 e. The predicted molar refractivity (Wildman–Crippen MR) is 264 cm³/mol. The van der Waals surface area contributed by atoms with Gasteiger partial charge in [-0.15, -0.1) is 0 Å². The van der Waals surface area contributed by atoms with E-state index >= 15 is 0 Å². The predicted octanol–water partition coefficient (Wildman–Crippen LogP) is 8.05. The van der Waals surface area contributed by atoms with Gasteiger partial charge in [-0.05, 0) is 90.0 Å². The highest BCUT2D eigenvalue weighted by atomic mass is 28.3. The van der Waals surface area contributed by atoms with Gasteiger partial charge in [-0.25, -0.2) is 15.0 Å². The van der Waals surface area contributed by atoms with Gasteiger partial charge in [0.05, 0.1) is 0 Å². The third-order valence-corrected chi connectivity index (χ3v) is 23.3. The Hall–Kier alpha value is -8.38. The largest absolute Gasteiger partial charge is 0.458 e. The van der Waals surface area contributed by atoms with Crippen molar-refractivity contribution in [2.45, 2.75) is 0 Å². The highest BCUT2D eigenvalue weighted by Crippen LogP contribution is 2.40.